The molecular formula is C8H15N. The first-order chi connectivity index (χ1) is 4.09. The molecule has 0 aromatic carbocycles. The summed E-state index contributed by atoms with van der Waals surface area (Å²) in [6, 6.07) is 0. The van der Waals surface area contributed by atoms with Crippen molar-refractivity contribution < 1.29 is 0 Å². The van der Waals surface area contributed by atoms with Crippen molar-refractivity contribution in [3.8, 4) is 0 Å². The zero-order chi connectivity index (χ0) is 7.44. The van der Waals surface area contributed by atoms with Gasteiger partial charge in [-0.25, -0.2) is 0 Å². The fourth-order valence-electron chi connectivity index (χ4n) is 0.528. The lowest BCUT2D eigenvalue weighted by atomic mass is 10.1. The van der Waals surface area contributed by atoms with Crippen LogP contribution in [0.4, 0.5) is 0 Å². The first-order valence-corrected chi connectivity index (χ1v) is 3.15. The molecule has 0 aromatic rings. The third kappa shape index (κ3) is 2.36. The van der Waals surface area contributed by atoms with Gasteiger partial charge >= 0.3 is 0 Å². The second-order valence-corrected chi connectivity index (χ2v) is 2.28. The van der Waals surface area contributed by atoms with E-state index in [2.05, 4.69) is 13.0 Å². The predicted molar refractivity (Wildman–Crippen MR) is 42.0 cm³/mol. The first kappa shape index (κ1) is 8.28. The number of hydrogen-bond acceptors (Lipinski definition) is 1. The molecular weight excluding hydrogens is 110 g/mol. The molecule has 0 saturated heterocycles. The van der Waals surface area contributed by atoms with Crippen molar-refractivity contribution >= 4 is 0 Å². The third-order valence-electron chi connectivity index (χ3n) is 1.62. The van der Waals surface area contributed by atoms with Crippen molar-refractivity contribution in [2.24, 2.45) is 5.73 Å². The van der Waals surface area contributed by atoms with Gasteiger partial charge in [-0.1, -0.05) is 11.6 Å². The summed E-state index contributed by atoms with van der Waals surface area (Å²) < 4.78 is 0. The normalized spacial score (nSPS) is 15.3. The highest BCUT2D eigenvalue weighted by molar-refractivity contribution is 5.29. The standard InChI is InChI=1S/C8H15N/c1-5-6(2)7(3)8(4)9/h5H,9H2,1-4H3/b6-5+,8-7-. The van der Waals surface area contributed by atoms with Crippen LogP contribution in [0, 0.1) is 0 Å². The van der Waals surface area contributed by atoms with Gasteiger partial charge in [0.05, 0.1) is 0 Å². The van der Waals surface area contributed by atoms with Crippen molar-refractivity contribution in [2.75, 3.05) is 0 Å². The van der Waals surface area contributed by atoms with Crippen molar-refractivity contribution in [1.29, 1.82) is 0 Å². The van der Waals surface area contributed by atoms with Crippen LogP contribution >= 0.6 is 0 Å². The molecule has 0 radical (unpaired) electrons. The molecule has 0 unspecified atom stereocenters. The van der Waals surface area contributed by atoms with Gasteiger partial charge in [0.25, 0.3) is 0 Å². The minimum atomic E-state index is 0.908. The Morgan fingerprint density at radius 3 is 1.78 bits per heavy atom. The van der Waals surface area contributed by atoms with Crippen LogP contribution in [-0.4, -0.2) is 0 Å². The third-order valence-corrected chi connectivity index (χ3v) is 1.62. The number of allylic oxidation sites excluding steroid dienone is 4. The summed E-state index contributed by atoms with van der Waals surface area (Å²) in [7, 11) is 0. The topological polar surface area (TPSA) is 26.0 Å². The fraction of sp³-hybridized carbons (Fsp3) is 0.500. The minimum absolute atomic E-state index is 0.908. The molecule has 0 spiro atoms. The van der Waals surface area contributed by atoms with E-state index in [4.69, 9.17) is 5.73 Å². The highest BCUT2D eigenvalue weighted by Gasteiger charge is 1.91. The molecule has 0 rings (SSSR count). The Bertz CT molecular complexity index is 148. The first-order valence-electron chi connectivity index (χ1n) is 3.15. The summed E-state index contributed by atoms with van der Waals surface area (Å²) in [6.07, 6.45) is 2.06. The monoisotopic (exact) mass is 125 g/mol. The van der Waals surface area contributed by atoms with Gasteiger partial charge in [0.2, 0.25) is 0 Å². The molecule has 0 aliphatic heterocycles. The van der Waals surface area contributed by atoms with Gasteiger partial charge in [0, 0.05) is 5.70 Å². The van der Waals surface area contributed by atoms with Gasteiger partial charge in [-0.3, -0.25) is 0 Å². The summed E-state index contributed by atoms with van der Waals surface area (Å²) in [4.78, 5) is 0. The number of hydrogen-bond donors (Lipinski definition) is 1. The fourth-order valence-corrected chi connectivity index (χ4v) is 0.528. The van der Waals surface area contributed by atoms with E-state index in [0.29, 0.717) is 0 Å². The molecule has 1 nitrogen and oxygen atoms in total. The quantitative estimate of drug-likeness (QED) is 0.534. The van der Waals surface area contributed by atoms with Crippen molar-refractivity contribution in [2.45, 2.75) is 27.7 Å². The van der Waals surface area contributed by atoms with Crippen LogP contribution in [0.1, 0.15) is 27.7 Å². The lowest BCUT2D eigenvalue weighted by molar-refractivity contribution is 1.18. The average molecular weight is 125 g/mol. The molecule has 0 aliphatic rings. The summed E-state index contributed by atoms with van der Waals surface area (Å²) in [5, 5.41) is 0. The summed E-state index contributed by atoms with van der Waals surface area (Å²) in [5.41, 5.74) is 8.91. The van der Waals surface area contributed by atoms with Crippen molar-refractivity contribution in [1.82, 2.24) is 0 Å². The van der Waals surface area contributed by atoms with Crippen molar-refractivity contribution in [3.05, 3.63) is 22.9 Å². The molecule has 0 aromatic heterocycles. The van der Waals surface area contributed by atoms with Gasteiger partial charge < -0.3 is 5.73 Å². The Labute approximate surface area is 57.3 Å². The average Bonchev–Trinajstić information content (AvgIpc) is 1.84. The highest BCUT2D eigenvalue weighted by Crippen LogP contribution is 2.08. The van der Waals surface area contributed by atoms with Crippen LogP contribution in [0.25, 0.3) is 0 Å². The number of rotatable bonds is 1. The predicted octanol–water partition coefficient (Wildman–Crippen LogP) is 2.21. The van der Waals surface area contributed by atoms with Gasteiger partial charge in [-0.2, -0.15) is 0 Å². The lowest BCUT2D eigenvalue weighted by Gasteiger charge is -2.01. The number of nitrogens with two attached hydrogens (primary N) is 1. The van der Waals surface area contributed by atoms with Crippen molar-refractivity contribution in [3.63, 3.8) is 0 Å². The zero-order valence-electron chi connectivity index (χ0n) is 6.65. The van der Waals surface area contributed by atoms with Crippen LogP contribution < -0.4 is 5.73 Å². The second kappa shape index (κ2) is 3.33. The van der Waals surface area contributed by atoms with Crippen LogP contribution in [0.2, 0.25) is 0 Å². The molecule has 0 fully saturated rings. The van der Waals surface area contributed by atoms with E-state index in [-0.39, 0.29) is 0 Å². The van der Waals surface area contributed by atoms with E-state index in [0.717, 1.165) is 5.70 Å². The molecule has 0 bridgehead atoms. The Kier molecular flexibility index (Phi) is 3.07. The van der Waals surface area contributed by atoms with E-state index in [1.54, 1.807) is 0 Å². The molecule has 0 atom stereocenters. The molecule has 1 heteroatoms. The van der Waals surface area contributed by atoms with Crippen LogP contribution in [0.3, 0.4) is 0 Å². The Morgan fingerprint density at radius 1 is 1.22 bits per heavy atom. The van der Waals surface area contributed by atoms with Gasteiger partial charge in [-0.05, 0) is 33.3 Å². The van der Waals surface area contributed by atoms with E-state index in [9.17, 15) is 0 Å². The summed E-state index contributed by atoms with van der Waals surface area (Å²) >= 11 is 0. The molecule has 2 N–H and O–H groups in total. The summed E-state index contributed by atoms with van der Waals surface area (Å²) in [5.74, 6) is 0. The maximum atomic E-state index is 5.55. The largest absolute Gasteiger partial charge is 0.402 e. The van der Waals surface area contributed by atoms with Crippen LogP contribution in [0.5, 0.6) is 0 Å². The van der Waals surface area contributed by atoms with Crippen LogP contribution in [0.15, 0.2) is 22.9 Å². The second-order valence-electron chi connectivity index (χ2n) is 2.28. The maximum absolute atomic E-state index is 5.55. The minimum Gasteiger partial charge on any atom is -0.402 e. The molecule has 0 heterocycles. The molecule has 52 valence electrons. The van der Waals surface area contributed by atoms with E-state index >= 15 is 0 Å². The van der Waals surface area contributed by atoms with Gasteiger partial charge in [0.1, 0.15) is 0 Å². The molecule has 0 saturated carbocycles. The Hall–Kier alpha value is -0.720. The lowest BCUT2D eigenvalue weighted by Crippen LogP contribution is -1.95. The highest BCUT2D eigenvalue weighted by atomic mass is 14.6. The van der Waals surface area contributed by atoms with Gasteiger partial charge in [0.15, 0.2) is 0 Å². The van der Waals surface area contributed by atoms with Gasteiger partial charge in [-0.15, -0.1) is 0 Å². The van der Waals surface area contributed by atoms with E-state index in [1.165, 1.54) is 11.1 Å². The van der Waals surface area contributed by atoms with Crippen LogP contribution in [-0.2, 0) is 0 Å². The Morgan fingerprint density at radius 2 is 1.67 bits per heavy atom. The smallest absolute Gasteiger partial charge is 0.00811 e. The SMILES string of the molecule is C/C=C(C)/C(C)=C(/C)N. The molecule has 0 aliphatic carbocycles. The molecule has 9 heavy (non-hydrogen) atoms. The zero-order valence-corrected chi connectivity index (χ0v) is 6.65. The maximum Gasteiger partial charge on any atom is 0.00811 e. The summed E-state index contributed by atoms with van der Waals surface area (Å²) in [6.45, 7) is 8.03. The van der Waals surface area contributed by atoms with E-state index in [1.807, 2.05) is 20.8 Å². The Balaban J connectivity index is 4.40. The van der Waals surface area contributed by atoms with E-state index < -0.39 is 0 Å². The molecule has 0 amide bonds.